The zero-order valence-corrected chi connectivity index (χ0v) is 13.9. The molecule has 0 amide bonds. The van der Waals surface area contributed by atoms with Crippen LogP contribution in [0.4, 0.5) is 0 Å². The fourth-order valence-corrected chi connectivity index (χ4v) is 4.01. The molecule has 0 radical (unpaired) electrons. The Hall–Kier alpha value is 0.130. The van der Waals surface area contributed by atoms with Gasteiger partial charge in [-0.25, -0.2) is 0 Å². The number of hydrogen-bond donors (Lipinski definition) is 0. The van der Waals surface area contributed by atoms with Crippen molar-refractivity contribution in [3.05, 3.63) is 0 Å². The van der Waals surface area contributed by atoms with E-state index in [1.165, 1.54) is 32.1 Å². The van der Waals surface area contributed by atoms with Crippen LogP contribution in [-0.2, 0) is 18.9 Å². The Labute approximate surface area is 133 Å². The van der Waals surface area contributed by atoms with Gasteiger partial charge in [-0.15, -0.1) is 11.6 Å². The van der Waals surface area contributed by atoms with Crippen molar-refractivity contribution < 1.29 is 18.9 Å². The first-order chi connectivity index (χ1) is 10.3. The second-order valence-corrected chi connectivity index (χ2v) is 6.60. The summed E-state index contributed by atoms with van der Waals surface area (Å²) in [6, 6.07) is 0. The predicted molar refractivity (Wildman–Crippen MR) is 83.0 cm³/mol. The summed E-state index contributed by atoms with van der Waals surface area (Å²) in [6.07, 6.45) is 7.78. The van der Waals surface area contributed by atoms with Crippen LogP contribution in [0.25, 0.3) is 0 Å². The van der Waals surface area contributed by atoms with E-state index in [0.29, 0.717) is 51.1 Å². The predicted octanol–water partition coefficient (Wildman–Crippen LogP) is 3.01. The van der Waals surface area contributed by atoms with E-state index in [1.54, 1.807) is 7.11 Å². The van der Waals surface area contributed by atoms with Crippen molar-refractivity contribution in [3.8, 4) is 0 Å². The van der Waals surface area contributed by atoms with Crippen molar-refractivity contribution in [1.29, 1.82) is 0 Å². The molecule has 0 N–H and O–H groups in total. The van der Waals surface area contributed by atoms with Crippen LogP contribution >= 0.6 is 11.6 Å². The smallest absolute Gasteiger partial charge is 0.0704 e. The summed E-state index contributed by atoms with van der Waals surface area (Å²) < 4.78 is 21.8. The molecule has 0 aromatic rings. The maximum Gasteiger partial charge on any atom is 0.0704 e. The highest BCUT2D eigenvalue weighted by Crippen LogP contribution is 2.55. The van der Waals surface area contributed by atoms with Crippen LogP contribution in [0, 0.1) is 5.41 Å². The average Bonchev–Trinajstić information content (AvgIpc) is 2.53. The molecule has 4 nitrogen and oxygen atoms in total. The van der Waals surface area contributed by atoms with E-state index < -0.39 is 0 Å². The molecule has 2 aliphatic carbocycles. The molecule has 21 heavy (non-hydrogen) atoms. The first-order valence-electron chi connectivity index (χ1n) is 8.20. The summed E-state index contributed by atoms with van der Waals surface area (Å²) in [4.78, 5) is 0. The molecule has 124 valence electrons. The van der Waals surface area contributed by atoms with Crippen molar-refractivity contribution in [3.63, 3.8) is 0 Å². The van der Waals surface area contributed by atoms with E-state index in [2.05, 4.69) is 0 Å². The van der Waals surface area contributed by atoms with E-state index in [0.717, 1.165) is 6.42 Å². The summed E-state index contributed by atoms with van der Waals surface area (Å²) in [5.74, 6) is 0. The minimum absolute atomic E-state index is 0.267. The molecule has 1 spiro atoms. The van der Waals surface area contributed by atoms with Crippen molar-refractivity contribution in [2.75, 3.05) is 46.8 Å². The second-order valence-electron chi connectivity index (χ2n) is 6.07. The standard InChI is InChI=1S/C16H29ClO4/c1-18-7-8-19-9-10-20-11-12-21-15-13-14(17)16(15)5-3-2-4-6-16/h14-15H,2-13H2,1H3. The molecular weight excluding hydrogens is 292 g/mol. The first kappa shape index (κ1) is 17.5. The lowest BCUT2D eigenvalue weighted by Crippen LogP contribution is -2.56. The largest absolute Gasteiger partial charge is 0.382 e. The highest BCUT2D eigenvalue weighted by Gasteiger charge is 2.54. The highest BCUT2D eigenvalue weighted by molar-refractivity contribution is 6.21. The van der Waals surface area contributed by atoms with Crippen molar-refractivity contribution >= 4 is 11.6 Å². The van der Waals surface area contributed by atoms with Crippen molar-refractivity contribution in [2.45, 2.75) is 50.0 Å². The lowest BCUT2D eigenvalue weighted by atomic mass is 9.58. The molecule has 0 bridgehead atoms. The fourth-order valence-electron chi connectivity index (χ4n) is 3.49. The van der Waals surface area contributed by atoms with E-state index >= 15 is 0 Å². The van der Waals surface area contributed by atoms with Gasteiger partial charge in [0.15, 0.2) is 0 Å². The maximum absolute atomic E-state index is 6.46. The third-order valence-electron chi connectivity index (χ3n) is 4.82. The van der Waals surface area contributed by atoms with Crippen LogP contribution in [0.5, 0.6) is 0 Å². The number of methoxy groups -OCH3 is 1. The van der Waals surface area contributed by atoms with Crippen LogP contribution in [-0.4, -0.2) is 58.2 Å². The van der Waals surface area contributed by atoms with E-state index in [1.807, 2.05) is 0 Å². The molecule has 2 rings (SSSR count). The van der Waals surface area contributed by atoms with E-state index in [4.69, 9.17) is 30.5 Å². The van der Waals surface area contributed by atoms with Gasteiger partial charge in [-0.1, -0.05) is 19.3 Å². The summed E-state index contributed by atoms with van der Waals surface area (Å²) in [7, 11) is 1.67. The number of ether oxygens (including phenoxy) is 4. The molecule has 2 atom stereocenters. The SMILES string of the molecule is COCCOCCOCCOC1CC(Cl)C12CCCCC2. The van der Waals surface area contributed by atoms with Gasteiger partial charge in [0.1, 0.15) is 0 Å². The molecule has 2 unspecified atom stereocenters. The molecule has 0 aromatic heterocycles. The molecular formula is C16H29ClO4. The van der Waals surface area contributed by atoms with Gasteiger partial charge in [0.25, 0.3) is 0 Å². The van der Waals surface area contributed by atoms with Crippen molar-refractivity contribution in [1.82, 2.24) is 0 Å². The zero-order valence-electron chi connectivity index (χ0n) is 13.2. The third kappa shape index (κ3) is 4.80. The normalized spacial score (nSPS) is 27.7. The Bertz CT molecular complexity index is 281. The molecule has 2 aliphatic rings. The summed E-state index contributed by atoms with van der Waals surface area (Å²) in [5.41, 5.74) is 0.267. The number of rotatable bonds is 10. The first-order valence-corrected chi connectivity index (χ1v) is 8.63. The lowest BCUT2D eigenvalue weighted by molar-refractivity contribution is -0.134. The minimum atomic E-state index is 0.267. The Morgan fingerprint density at radius 2 is 1.52 bits per heavy atom. The Morgan fingerprint density at radius 3 is 2.14 bits per heavy atom. The number of halogens is 1. The lowest BCUT2D eigenvalue weighted by Gasteiger charge is -2.55. The molecule has 0 aromatic carbocycles. The molecule has 2 fully saturated rings. The molecule has 0 heterocycles. The van der Waals surface area contributed by atoms with Crippen LogP contribution < -0.4 is 0 Å². The van der Waals surface area contributed by atoms with Crippen LogP contribution in [0.3, 0.4) is 0 Å². The monoisotopic (exact) mass is 320 g/mol. The van der Waals surface area contributed by atoms with E-state index in [-0.39, 0.29) is 5.41 Å². The third-order valence-corrected chi connectivity index (χ3v) is 5.43. The highest BCUT2D eigenvalue weighted by atomic mass is 35.5. The van der Waals surface area contributed by atoms with Gasteiger partial charge in [-0.2, -0.15) is 0 Å². The fraction of sp³-hybridized carbons (Fsp3) is 1.00. The zero-order chi connectivity index (χ0) is 15.0. The van der Waals surface area contributed by atoms with Crippen LogP contribution in [0.2, 0.25) is 0 Å². The molecule has 0 aliphatic heterocycles. The van der Waals surface area contributed by atoms with Gasteiger partial charge in [-0.05, 0) is 19.3 Å². The van der Waals surface area contributed by atoms with Gasteiger partial charge in [-0.3, -0.25) is 0 Å². The molecule has 5 heteroatoms. The Balaban J connectivity index is 1.49. The Morgan fingerprint density at radius 1 is 0.905 bits per heavy atom. The quantitative estimate of drug-likeness (QED) is 0.458. The summed E-state index contributed by atoms with van der Waals surface area (Å²) in [6.45, 7) is 3.77. The van der Waals surface area contributed by atoms with Crippen molar-refractivity contribution in [2.24, 2.45) is 5.41 Å². The van der Waals surface area contributed by atoms with Gasteiger partial charge >= 0.3 is 0 Å². The van der Waals surface area contributed by atoms with Gasteiger partial charge < -0.3 is 18.9 Å². The van der Waals surface area contributed by atoms with Gasteiger partial charge in [0.05, 0.1) is 45.7 Å². The average molecular weight is 321 g/mol. The van der Waals surface area contributed by atoms with Crippen LogP contribution in [0.1, 0.15) is 38.5 Å². The topological polar surface area (TPSA) is 36.9 Å². The molecule has 0 saturated heterocycles. The van der Waals surface area contributed by atoms with Crippen LogP contribution in [0.15, 0.2) is 0 Å². The maximum atomic E-state index is 6.46. The summed E-state index contributed by atoms with van der Waals surface area (Å²) in [5, 5.41) is 0.318. The summed E-state index contributed by atoms with van der Waals surface area (Å²) >= 11 is 6.46. The van der Waals surface area contributed by atoms with E-state index in [9.17, 15) is 0 Å². The number of alkyl halides is 1. The Kier molecular flexibility index (Phi) is 7.75. The van der Waals surface area contributed by atoms with Gasteiger partial charge in [0.2, 0.25) is 0 Å². The molecule has 2 saturated carbocycles. The minimum Gasteiger partial charge on any atom is -0.382 e. The van der Waals surface area contributed by atoms with Gasteiger partial charge in [0, 0.05) is 17.9 Å². The number of hydrogen-bond acceptors (Lipinski definition) is 4. The second kappa shape index (κ2) is 9.31.